The molecule has 0 saturated carbocycles. The second-order valence-corrected chi connectivity index (χ2v) is 9.35. The Morgan fingerprint density at radius 3 is 2.58 bits per heavy atom. The van der Waals surface area contributed by atoms with Gasteiger partial charge in [-0.2, -0.15) is 4.31 Å². The summed E-state index contributed by atoms with van der Waals surface area (Å²) < 4.78 is 26.5. The average molecular weight is 393 g/mol. The van der Waals surface area contributed by atoms with E-state index in [9.17, 15) is 18.5 Å². The van der Waals surface area contributed by atoms with Crippen LogP contribution in [0.15, 0.2) is 52.5 Å². The van der Waals surface area contributed by atoms with Crippen molar-refractivity contribution in [2.45, 2.75) is 34.9 Å². The molecule has 1 aliphatic rings. The van der Waals surface area contributed by atoms with Crippen molar-refractivity contribution in [2.24, 2.45) is 0 Å². The predicted molar refractivity (Wildman–Crippen MR) is 99.6 cm³/mol. The van der Waals surface area contributed by atoms with Gasteiger partial charge < -0.3 is 0 Å². The first kappa shape index (κ1) is 18.8. The molecule has 0 spiro atoms. The Balaban J connectivity index is 1.73. The molecule has 0 aliphatic carbocycles. The Morgan fingerprint density at radius 1 is 1.23 bits per heavy atom. The maximum absolute atomic E-state index is 12.5. The lowest BCUT2D eigenvalue weighted by Gasteiger charge is -2.15. The number of hydrogen-bond donors (Lipinski definition) is 0. The molecular weight excluding hydrogens is 374 g/mol. The third-order valence-corrected chi connectivity index (χ3v) is 7.25. The molecule has 0 unspecified atom stereocenters. The summed E-state index contributed by atoms with van der Waals surface area (Å²) in [7, 11) is -3.46. The maximum atomic E-state index is 12.5. The number of hydrogen-bond acceptors (Lipinski definition) is 6. The molecule has 26 heavy (non-hydrogen) atoms. The number of non-ortho nitro benzene ring substituents is 1. The van der Waals surface area contributed by atoms with Crippen LogP contribution in [0.5, 0.6) is 0 Å². The van der Waals surface area contributed by atoms with Crippen LogP contribution in [0.25, 0.3) is 0 Å². The Kier molecular flexibility index (Phi) is 5.59. The number of aromatic nitrogens is 1. The highest BCUT2D eigenvalue weighted by atomic mass is 32.2. The van der Waals surface area contributed by atoms with E-state index in [2.05, 4.69) is 4.98 Å². The molecule has 1 atom stereocenters. The summed E-state index contributed by atoms with van der Waals surface area (Å²) in [6.07, 6.45) is 3.17. The van der Waals surface area contributed by atoms with E-state index >= 15 is 0 Å². The van der Waals surface area contributed by atoms with Gasteiger partial charge in [0, 0.05) is 36.7 Å². The Labute approximate surface area is 156 Å². The minimum absolute atomic E-state index is 0.0509. The summed E-state index contributed by atoms with van der Waals surface area (Å²) in [6, 6.07) is 9.74. The summed E-state index contributed by atoms with van der Waals surface area (Å²) in [5, 5.41) is 11.5. The van der Waals surface area contributed by atoms with Crippen molar-refractivity contribution in [3.8, 4) is 0 Å². The Morgan fingerprint density at radius 2 is 1.96 bits per heavy atom. The second-order valence-electron chi connectivity index (χ2n) is 6.06. The fourth-order valence-electron chi connectivity index (χ4n) is 2.81. The fourth-order valence-corrected chi connectivity index (χ4v) is 5.18. The van der Waals surface area contributed by atoms with E-state index in [-0.39, 0.29) is 15.8 Å². The highest BCUT2D eigenvalue weighted by Gasteiger charge is 2.27. The van der Waals surface area contributed by atoms with Crippen molar-refractivity contribution in [1.82, 2.24) is 9.29 Å². The fraction of sp³-hybridized carbons (Fsp3) is 0.353. The number of nitro groups is 1. The highest BCUT2D eigenvalue weighted by molar-refractivity contribution is 7.99. The van der Waals surface area contributed by atoms with Gasteiger partial charge in [-0.25, -0.2) is 13.4 Å². The summed E-state index contributed by atoms with van der Waals surface area (Å²) in [4.78, 5) is 14.9. The average Bonchev–Trinajstić information content (AvgIpc) is 3.18. The molecule has 138 valence electrons. The number of thioether (sulfide) groups is 1. The van der Waals surface area contributed by atoms with E-state index in [1.807, 2.05) is 13.0 Å². The molecule has 0 N–H and O–H groups in total. The van der Waals surface area contributed by atoms with Gasteiger partial charge in [0.1, 0.15) is 4.90 Å². The van der Waals surface area contributed by atoms with Crippen molar-refractivity contribution in [3.05, 3.63) is 58.3 Å². The van der Waals surface area contributed by atoms with Gasteiger partial charge >= 0.3 is 0 Å². The Hall–Kier alpha value is -1.97. The van der Waals surface area contributed by atoms with Crippen molar-refractivity contribution >= 4 is 27.5 Å². The van der Waals surface area contributed by atoms with Crippen molar-refractivity contribution < 1.29 is 13.3 Å². The molecule has 2 heterocycles. The first-order chi connectivity index (χ1) is 12.4. The van der Waals surface area contributed by atoms with Crippen LogP contribution in [0.2, 0.25) is 0 Å². The van der Waals surface area contributed by atoms with E-state index in [0.29, 0.717) is 18.1 Å². The zero-order chi connectivity index (χ0) is 18.7. The number of benzene rings is 1. The molecule has 7 nitrogen and oxygen atoms in total. The van der Waals surface area contributed by atoms with Gasteiger partial charge in [0.15, 0.2) is 0 Å². The molecule has 0 amide bonds. The lowest BCUT2D eigenvalue weighted by Crippen LogP contribution is -2.27. The largest absolute Gasteiger partial charge is 0.269 e. The smallest absolute Gasteiger partial charge is 0.258 e. The van der Waals surface area contributed by atoms with Crippen LogP contribution in [-0.4, -0.2) is 35.7 Å². The lowest BCUT2D eigenvalue weighted by molar-refractivity contribution is -0.384. The van der Waals surface area contributed by atoms with E-state index in [4.69, 9.17) is 0 Å². The number of rotatable bonds is 6. The molecule has 1 saturated heterocycles. The topological polar surface area (TPSA) is 93.4 Å². The summed E-state index contributed by atoms with van der Waals surface area (Å²) in [6.45, 7) is 3.05. The van der Waals surface area contributed by atoms with Gasteiger partial charge in [0.2, 0.25) is 10.0 Å². The molecule has 9 heteroatoms. The van der Waals surface area contributed by atoms with Crippen molar-refractivity contribution in [3.63, 3.8) is 0 Å². The van der Waals surface area contributed by atoms with Gasteiger partial charge in [0.25, 0.3) is 5.69 Å². The van der Waals surface area contributed by atoms with Crippen LogP contribution in [0.4, 0.5) is 5.69 Å². The third kappa shape index (κ3) is 4.05. The normalized spacial score (nSPS) is 16.5. The van der Waals surface area contributed by atoms with E-state index in [1.54, 1.807) is 24.3 Å². The molecule has 1 fully saturated rings. The van der Waals surface area contributed by atoms with Crippen molar-refractivity contribution in [2.75, 3.05) is 13.1 Å². The first-order valence-corrected chi connectivity index (χ1v) is 10.6. The molecule has 1 aromatic heterocycles. The quantitative estimate of drug-likeness (QED) is 0.423. The van der Waals surface area contributed by atoms with E-state index in [1.165, 1.54) is 28.3 Å². The summed E-state index contributed by atoms with van der Waals surface area (Å²) in [5.74, 6) is 0. The van der Waals surface area contributed by atoms with Gasteiger partial charge in [-0.05, 0) is 37.5 Å². The standard InChI is InChI=1S/C17H19N3O4S2/c1-13(14-5-4-6-15(11-14)20(21)22)25-17-8-7-16(12-18-17)26(23,24)19-9-2-3-10-19/h4-8,11-13H,2-3,9-10H2,1H3/t13-/m1/s1. The SMILES string of the molecule is C[C@@H](Sc1ccc(S(=O)(=O)N2CCCC2)cn1)c1cccc([N+](=O)[O-])c1. The van der Waals surface area contributed by atoms with Crippen LogP contribution in [0.1, 0.15) is 30.6 Å². The van der Waals surface area contributed by atoms with Crippen LogP contribution in [0.3, 0.4) is 0 Å². The van der Waals surface area contributed by atoms with Crippen LogP contribution >= 0.6 is 11.8 Å². The number of nitrogens with zero attached hydrogens (tertiary/aromatic N) is 3. The minimum Gasteiger partial charge on any atom is -0.258 e. The van der Waals surface area contributed by atoms with E-state index in [0.717, 1.165) is 18.4 Å². The van der Waals surface area contributed by atoms with Gasteiger partial charge in [-0.15, -0.1) is 0 Å². The monoisotopic (exact) mass is 393 g/mol. The van der Waals surface area contributed by atoms with Gasteiger partial charge in [0.05, 0.1) is 9.95 Å². The summed E-state index contributed by atoms with van der Waals surface area (Å²) in [5.41, 5.74) is 0.870. The molecule has 2 aromatic rings. The second kappa shape index (κ2) is 7.73. The molecular formula is C17H19N3O4S2. The number of pyridine rings is 1. The third-order valence-electron chi connectivity index (χ3n) is 4.26. The molecule has 1 aromatic carbocycles. The lowest BCUT2D eigenvalue weighted by atomic mass is 10.1. The minimum atomic E-state index is -3.46. The van der Waals surface area contributed by atoms with Gasteiger partial charge in [-0.1, -0.05) is 23.9 Å². The van der Waals surface area contributed by atoms with Crippen LogP contribution in [-0.2, 0) is 10.0 Å². The number of sulfonamides is 1. The summed E-state index contributed by atoms with van der Waals surface area (Å²) >= 11 is 1.43. The van der Waals surface area contributed by atoms with E-state index < -0.39 is 14.9 Å². The molecule has 0 radical (unpaired) electrons. The first-order valence-electron chi connectivity index (χ1n) is 8.25. The zero-order valence-electron chi connectivity index (χ0n) is 14.2. The predicted octanol–water partition coefficient (Wildman–Crippen LogP) is 3.63. The zero-order valence-corrected chi connectivity index (χ0v) is 15.9. The number of nitro benzene ring substituents is 1. The Bertz CT molecular complexity index is 894. The molecule has 3 rings (SSSR count). The highest BCUT2D eigenvalue weighted by Crippen LogP contribution is 2.35. The van der Waals surface area contributed by atoms with Crippen molar-refractivity contribution in [1.29, 1.82) is 0 Å². The van der Waals surface area contributed by atoms with Crippen LogP contribution < -0.4 is 0 Å². The van der Waals surface area contributed by atoms with Crippen LogP contribution in [0, 0.1) is 10.1 Å². The van der Waals surface area contributed by atoms with Gasteiger partial charge in [-0.3, -0.25) is 10.1 Å². The molecule has 0 bridgehead atoms. The maximum Gasteiger partial charge on any atom is 0.269 e. The molecule has 1 aliphatic heterocycles.